The highest BCUT2D eigenvalue weighted by Gasteiger charge is 2.57. The van der Waals surface area contributed by atoms with Crippen LogP contribution in [0.3, 0.4) is 0 Å². The monoisotopic (exact) mass is 207 g/mol. The molecule has 0 bridgehead atoms. The van der Waals surface area contributed by atoms with Gasteiger partial charge in [-0.15, -0.1) is 0 Å². The molecular formula is C13H18FN. The number of hydrogen-bond acceptors (Lipinski definition) is 1. The van der Waals surface area contributed by atoms with Gasteiger partial charge in [-0.05, 0) is 54.0 Å². The van der Waals surface area contributed by atoms with E-state index in [0.717, 1.165) is 11.1 Å². The molecule has 1 aromatic rings. The van der Waals surface area contributed by atoms with Gasteiger partial charge in [0.2, 0.25) is 0 Å². The molecule has 0 aromatic heterocycles. The maximum atomic E-state index is 13.3. The summed E-state index contributed by atoms with van der Waals surface area (Å²) in [5.41, 5.74) is 8.04. The summed E-state index contributed by atoms with van der Waals surface area (Å²) >= 11 is 0. The molecule has 0 heterocycles. The lowest BCUT2D eigenvalue weighted by Gasteiger charge is -2.04. The highest BCUT2D eigenvalue weighted by Crippen LogP contribution is 2.63. The SMILES string of the molecule is Cc1cc(F)cc([C@H]2[C@H](CN)C2(C)C)c1. The van der Waals surface area contributed by atoms with Gasteiger partial charge in [-0.3, -0.25) is 0 Å². The van der Waals surface area contributed by atoms with Crippen LogP contribution in [0.2, 0.25) is 0 Å². The van der Waals surface area contributed by atoms with Gasteiger partial charge in [-0.25, -0.2) is 4.39 Å². The van der Waals surface area contributed by atoms with Gasteiger partial charge >= 0.3 is 0 Å². The Balaban J connectivity index is 2.32. The average Bonchev–Trinajstić information content (AvgIpc) is 2.66. The van der Waals surface area contributed by atoms with Crippen LogP contribution in [-0.4, -0.2) is 6.54 Å². The molecule has 2 atom stereocenters. The van der Waals surface area contributed by atoms with Gasteiger partial charge in [0.25, 0.3) is 0 Å². The second-order valence-electron chi connectivity index (χ2n) is 5.20. The zero-order valence-electron chi connectivity index (χ0n) is 9.55. The number of nitrogens with two attached hydrogens (primary N) is 1. The molecule has 1 nitrogen and oxygen atoms in total. The van der Waals surface area contributed by atoms with Gasteiger partial charge in [0.05, 0.1) is 0 Å². The standard InChI is InChI=1S/C13H18FN/c1-8-4-9(6-10(14)5-8)12-11(7-15)13(12,2)3/h4-6,11-12H,7,15H2,1-3H3/t11-,12-/m0/s1. The lowest BCUT2D eigenvalue weighted by molar-refractivity contribution is 0.558. The molecule has 2 heteroatoms. The van der Waals surface area contributed by atoms with Crippen LogP contribution >= 0.6 is 0 Å². The molecule has 2 N–H and O–H groups in total. The third kappa shape index (κ3) is 1.67. The van der Waals surface area contributed by atoms with Crippen LogP contribution in [0.25, 0.3) is 0 Å². The fourth-order valence-corrected chi connectivity index (χ4v) is 2.79. The molecule has 15 heavy (non-hydrogen) atoms. The van der Waals surface area contributed by atoms with E-state index < -0.39 is 0 Å². The van der Waals surface area contributed by atoms with E-state index in [1.807, 2.05) is 6.92 Å². The van der Waals surface area contributed by atoms with Crippen LogP contribution in [0, 0.1) is 24.1 Å². The zero-order chi connectivity index (χ0) is 11.2. The first-order chi connectivity index (χ1) is 6.96. The molecule has 1 aliphatic carbocycles. The number of halogens is 1. The van der Waals surface area contributed by atoms with E-state index in [1.165, 1.54) is 0 Å². The normalized spacial score (nSPS) is 27.8. The lowest BCUT2D eigenvalue weighted by atomic mass is 10.0. The van der Waals surface area contributed by atoms with E-state index in [-0.39, 0.29) is 11.2 Å². The highest BCUT2D eigenvalue weighted by atomic mass is 19.1. The number of rotatable bonds is 2. The Morgan fingerprint density at radius 3 is 2.47 bits per heavy atom. The van der Waals surface area contributed by atoms with Crippen molar-refractivity contribution in [1.29, 1.82) is 0 Å². The largest absolute Gasteiger partial charge is 0.330 e. The summed E-state index contributed by atoms with van der Waals surface area (Å²) in [5.74, 6) is 0.791. The van der Waals surface area contributed by atoms with E-state index in [9.17, 15) is 4.39 Å². The molecule has 0 radical (unpaired) electrons. The van der Waals surface area contributed by atoms with E-state index in [2.05, 4.69) is 19.9 Å². The average molecular weight is 207 g/mol. The highest BCUT2D eigenvalue weighted by molar-refractivity contribution is 5.35. The predicted molar refractivity (Wildman–Crippen MR) is 60.2 cm³/mol. The smallest absolute Gasteiger partial charge is 0.123 e. The Bertz CT molecular complexity index is 364. The van der Waals surface area contributed by atoms with Crippen molar-refractivity contribution in [1.82, 2.24) is 0 Å². The van der Waals surface area contributed by atoms with Crippen LogP contribution in [0.5, 0.6) is 0 Å². The maximum absolute atomic E-state index is 13.3. The first-order valence-electron chi connectivity index (χ1n) is 5.44. The van der Waals surface area contributed by atoms with Crippen LogP contribution < -0.4 is 5.73 Å². The first kappa shape index (κ1) is 10.6. The van der Waals surface area contributed by atoms with Crippen molar-refractivity contribution in [3.63, 3.8) is 0 Å². The summed E-state index contributed by atoms with van der Waals surface area (Å²) < 4.78 is 13.3. The van der Waals surface area contributed by atoms with Crippen LogP contribution in [0.4, 0.5) is 4.39 Å². The fourth-order valence-electron chi connectivity index (χ4n) is 2.79. The molecular weight excluding hydrogens is 189 g/mol. The van der Waals surface area contributed by atoms with Gasteiger partial charge in [0, 0.05) is 0 Å². The maximum Gasteiger partial charge on any atom is 0.123 e. The van der Waals surface area contributed by atoms with Gasteiger partial charge < -0.3 is 5.73 Å². The van der Waals surface area contributed by atoms with Crippen molar-refractivity contribution < 1.29 is 4.39 Å². The van der Waals surface area contributed by atoms with Gasteiger partial charge in [-0.1, -0.05) is 19.9 Å². The number of benzene rings is 1. The summed E-state index contributed by atoms with van der Waals surface area (Å²) in [5, 5.41) is 0. The summed E-state index contributed by atoms with van der Waals surface area (Å²) in [6.45, 7) is 7.03. The van der Waals surface area contributed by atoms with Crippen LogP contribution in [-0.2, 0) is 0 Å². The van der Waals surface area contributed by atoms with Crippen molar-refractivity contribution in [3.8, 4) is 0 Å². The minimum Gasteiger partial charge on any atom is -0.330 e. The van der Waals surface area contributed by atoms with Gasteiger partial charge in [0.1, 0.15) is 5.82 Å². The Morgan fingerprint density at radius 1 is 1.33 bits per heavy atom. The lowest BCUT2D eigenvalue weighted by Crippen LogP contribution is -2.05. The summed E-state index contributed by atoms with van der Waals surface area (Å²) in [6, 6.07) is 5.29. The van der Waals surface area contributed by atoms with Crippen molar-refractivity contribution in [2.75, 3.05) is 6.54 Å². The minimum atomic E-state index is -0.136. The predicted octanol–water partition coefficient (Wildman–Crippen LogP) is 2.83. The Labute approximate surface area is 90.5 Å². The fraction of sp³-hybridized carbons (Fsp3) is 0.538. The Hall–Kier alpha value is -0.890. The van der Waals surface area contributed by atoms with Crippen LogP contribution in [0.15, 0.2) is 18.2 Å². The second-order valence-corrected chi connectivity index (χ2v) is 5.20. The minimum absolute atomic E-state index is 0.136. The van der Waals surface area contributed by atoms with Crippen molar-refractivity contribution in [3.05, 3.63) is 35.1 Å². The van der Waals surface area contributed by atoms with Gasteiger partial charge in [0.15, 0.2) is 0 Å². The molecule has 0 spiro atoms. The molecule has 1 aliphatic rings. The van der Waals surface area contributed by atoms with E-state index in [4.69, 9.17) is 5.73 Å². The Kier molecular flexibility index (Phi) is 2.34. The molecule has 0 amide bonds. The van der Waals surface area contributed by atoms with Crippen LogP contribution in [0.1, 0.15) is 30.9 Å². The van der Waals surface area contributed by atoms with Crippen molar-refractivity contribution >= 4 is 0 Å². The second kappa shape index (κ2) is 3.31. The topological polar surface area (TPSA) is 26.0 Å². The molecule has 0 aliphatic heterocycles. The quantitative estimate of drug-likeness (QED) is 0.793. The molecule has 1 fully saturated rings. The Morgan fingerprint density at radius 2 is 2.00 bits per heavy atom. The summed E-state index contributed by atoms with van der Waals surface area (Å²) in [7, 11) is 0. The molecule has 1 aromatic carbocycles. The van der Waals surface area contributed by atoms with E-state index >= 15 is 0 Å². The van der Waals surface area contributed by atoms with Crippen molar-refractivity contribution in [2.24, 2.45) is 17.1 Å². The number of aryl methyl sites for hydroxylation is 1. The molecule has 0 saturated heterocycles. The summed E-state index contributed by atoms with van der Waals surface area (Å²) in [4.78, 5) is 0. The third-order valence-corrected chi connectivity index (χ3v) is 3.73. The first-order valence-corrected chi connectivity index (χ1v) is 5.44. The van der Waals surface area contributed by atoms with E-state index in [1.54, 1.807) is 12.1 Å². The number of hydrogen-bond donors (Lipinski definition) is 1. The zero-order valence-corrected chi connectivity index (χ0v) is 9.55. The van der Waals surface area contributed by atoms with Gasteiger partial charge in [-0.2, -0.15) is 0 Å². The molecule has 0 unspecified atom stereocenters. The summed E-state index contributed by atoms with van der Waals surface area (Å²) in [6.07, 6.45) is 0. The molecule has 2 rings (SSSR count). The van der Waals surface area contributed by atoms with Crippen molar-refractivity contribution in [2.45, 2.75) is 26.7 Å². The molecule has 82 valence electrons. The third-order valence-electron chi connectivity index (χ3n) is 3.73. The molecule has 1 saturated carbocycles. The van der Waals surface area contributed by atoms with E-state index in [0.29, 0.717) is 18.4 Å².